The van der Waals surface area contributed by atoms with Gasteiger partial charge in [0.1, 0.15) is 27.6 Å². The van der Waals surface area contributed by atoms with Crippen LogP contribution in [0.3, 0.4) is 0 Å². The van der Waals surface area contributed by atoms with E-state index in [1.807, 2.05) is 19.1 Å². The largest absolute Gasteiger partial charge is 0.394 e. The second-order valence-corrected chi connectivity index (χ2v) is 7.23. The van der Waals surface area contributed by atoms with Gasteiger partial charge in [0.2, 0.25) is 0 Å². The van der Waals surface area contributed by atoms with E-state index in [1.54, 1.807) is 19.1 Å². The minimum absolute atomic E-state index is 0.102. The molecule has 0 spiro atoms. The van der Waals surface area contributed by atoms with Crippen LogP contribution in [0.4, 0.5) is 20.2 Å². The highest BCUT2D eigenvalue weighted by Gasteiger charge is 2.07. The first-order chi connectivity index (χ1) is 15.6. The van der Waals surface area contributed by atoms with Gasteiger partial charge in [0.15, 0.2) is 5.82 Å². The number of aromatic amines is 1. The Morgan fingerprint density at radius 2 is 1.48 bits per heavy atom. The van der Waals surface area contributed by atoms with Gasteiger partial charge < -0.3 is 16.5 Å². The van der Waals surface area contributed by atoms with E-state index < -0.39 is 22.8 Å². The van der Waals surface area contributed by atoms with Gasteiger partial charge in [-0.1, -0.05) is 0 Å². The highest BCUT2D eigenvalue weighted by Crippen LogP contribution is 2.05. The lowest BCUT2D eigenvalue weighted by molar-refractivity contribution is 0.612. The smallest absolute Gasteiger partial charge is 0.279 e. The molecule has 0 saturated heterocycles. The first-order valence-corrected chi connectivity index (χ1v) is 9.94. The Bertz CT molecular complexity index is 1300. The molecule has 0 bridgehead atoms. The number of pyridine rings is 2. The van der Waals surface area contributed by atoms with Crippen molar-refractivity contribution in [1.29, 1.82) is 0 Å². The minimum atomic E-state index is -0.598. The van der Waals surface area contributed by atoms with Crippen molar-refractivity contribution in [2.24, 2.45) is 0 Å². The van der Waals surface area contributed by atoms with Gasteiger partial charge in [-0.25, -0.2) is 8.78 Å². The predicted octanol–water partition coefficient (Wildman–Crippen LogP) is 2.30. The lowest BCUT2D eigenvalue weighted by Crippen LogP contribution is -2.22. The molecule has 0 saturated carbocycles. The normalized spacial score (nSPS) is 9.85. The SMILES string of the molecule is Cc1ccc(-n2cc(F)cc(N)c2=O)nn1.Cc1ccc(Br)nn1.Nc1cc(F)c[nH]c1=O. The Morgan fingerprint density at radius 3 is 1.97 bits per heavy atom. The summed E-state index contributed by atoms with van der Waals surface area (Å²) in [7, 11) is 0. The summed E-state index contributed by atoms with van der Waals surface area (Å²) in [6.45, 7) is 3.67. The van der Waals surface area contributed by atoms with Crippen molar-refractivity contribution in [3.05, 3.63) is 97.1 Å². The van der Waals surface area contributed by atoms with Gasteiger partial charge in [0.25, 0.3) is 11.1 Å². The molecular weight excluding hydrogens is 502 g/mol. The summed E-state index contributed by atoms with van der Waals surface area (Å²) < 4.78 is 27.0. The van der Waals surface area contributed by atoms with Crippen LogP contribution in [0, 0.1) is 25.5 Å². The number of nitrogens with two attached hydrogens (primary N) is 2. The van der Waals surface area contributed by atoms with Crippen LogP contribution in [0.25, 0.3) is 5.82 Å². The molecule has 33 heavy (non-hydrogen) atoms. The molecule has 4 aromatic heterocycles. The number of nitrogens with zero attached hydrogens (tertiary/aromatic N) is 5. The number of anilines is 2. The van der Waals surface area contributed by atoms with Gasteiger partial charge in [0, 0.05) is 18.3 Å². The Morgan fingerprint density at radius 1 is 0.879 bits per heavy atom. The zero-order chi connectivity index (χ0) is 24.5. The fraction of sp³-hybridized carbons (Fsp3) is 0.100. The van der Waals surface area contributed by atoms with Crippen LogP contribution in [0.5, 0.6) is 0 Å². The molecule has 4 aromatic rings. The van der Waals surface area contributed by atoms with Crippen molar-refractivity contribution < 1.29 is 8.78 Å². The van der Waals surface area contributed by atoms with Crippen molar-refractivity contribution >= 4 is 27.3 Å². The lowest BCUT2D eigenvalue weighted by atomic mass is 10.3. The highest BCUT2D eigenvalue weighted by molar-refractivity contribution is 9.10. The molecule has 0 aromatic carbocycles. The van der Waals surface area contributed by atoms with Crippen molar-refractivity contribution in [3.8, 4) is 5.82 Å². The fourth-order valence-corrected chi connectivity index (χ4v) is 2.33. The summed E-state index contributed by atoms with van der Waals surface area (Å²) in [6, 6.07) is 8.96. The zero-order valence-electron chi connectivity index (χ0n) is 17.5. The number of hydrogen-bond donors (Lipinski definition) is 3. The van der Waals surface area contributed by atoms with E-state index in [-0.39, 0.29) is 17.2 Å². The molecule has 0 aliphatic heterocycles. The van der Waals surface area contributed by atoms with Crippen molar-refractivity contribution in [2.75, 3.05) is 11.5 Å². The van der Waals surface area contributed by atoms with Crippen LogP contribution in [-0.4, -0.2) is 29.9 Å². The molecule has 4 heterocycles. The van der Waals surface area contributed by atoms with E-state index in [4.69, 9.17) is 11.5 Å². The molecule has 0 fully saturated rings. The van der Waals surface area contributed by atoms with Gasteiger partial charge in [-0.15, -0.1) is 10.2 Å². The number of aromatic nitrogens is 6. The summed E-state index contributed by atoms with van der Waals surface area (Å²) in [5, 5.41) is 15.1. The zero-order valence-corrected chi connectivity index (χ0v) is 19.0. The topological polar surface area (TPSA) is 158 Å². The summed E-state index contributed by atoms with van der Waals surface area (Å²) in [4.78, 5) is 24.1. The molecule has 172 valence electrons. The average molecular weight is 521 g/mol. The Balaban J connectivity index is 0.000000192. The number of hydrogen-bond acceptors (Lipinski definition) is 8. The molecule has 0 aliphatic rings. The molecule has 4 rings (SSSR count). The standard InChI is InChI=1S/C10H9FN4O.C5H5BrN2.C5H5FN2O/c1-6-2-3-9(14-13-6)15-5-7(11)4-8(12)10(15)16;1-4-2-3-5(6)8-7-4;6-3-1-4(7)5(9)8-2-3/h2-5H,12H2,1H3;2-3H,1H3;1-2H,7H2,(H,8,9). The molecule has 10 nitrogen and oxygen atoms in total. The number of rotatable bonds is 1. The Kier molecular flexibility index (Phi) is 8.86. The Hall–Kier alpha value is -4.00. The first kappa shape index (κ1) is 25.3. The molecule has 13 heteroatoms. The number of nitrogens with one attached hydrogen (secondary N) is 1. The molecule has 0 aliphatic carbocycles. The van der Waals surface area contributed by atoms with Gasteiger partial charge in [0.05, 0.1) is 17.6 Å². The Labute approximate surface area is 194 Å². The van der Waals surface area contributed by atoms with Crippen LogP contribution in [0.15, 0.2) is 63.0 Å². The van der Waals surface area contributed by atoms with Crippen LogP contribution in [0.2, 0.25) is 0 Å². The quantitative estimate of drug-likeness (QED) is 0.344. The first-order valence-electron chi connectivity index (χ1n) is 9.14. The van der Waals surface area contributed by atoms with E-state index in [1.165, 1.54) is 0 Å². The maximum atomic E-state index is 13.1. The average Bonchev–Trinajstić information content (AvgIpc) is 2.77. The van der Waals surface area contributed by atoms with E-state index in [0.29, 0.717) is 5.69 Å². The molecule has 0 radical (unpaired) electrons. The van der Waals surface area contributed by atoms with Gasteiger partial charge in [-0.2, -0.15) is 10.2 Å². The monoisotopic (exact) mass is 520 g/mol. The third-order valence-corrected chi connectivity index (χ3v) is 4.13. The third kappa shape index (κ3) is 7.88. The van der Waals surface area contributed by atoms with Crippen LogP contribution in [0.1, 0.15) is 11.4 Å². The molecule has 0 amide bonds. The number of nitrogen functional groups attached to an aromatic ring is 2. The van der Waals surface area contributed by atoms with Crippen molar-refractivity contribution in [3.63, 3.8) is 0 Å². The molecule has 5 N–H and O–H groups in total. The lowest BCUT2D eigenvalue weighted by Gasteiger charge is -2.05. The maximum absolute atomic E-state index is 13.1. The maximum Gasteiger partial charge on any atom is 0.279 e. The van der Waals surface area contributed by atoms with Crippen molar-refractivity contribution in [2.45, 2.75) is 13.8 Å². The van der Waals surface area contributed by atoms with Crippen LogP contribution >= 0.6 is 15.9 Å². The van der Waals surface area contributed by atoms with E-state index in [0.717, 1.165) is 39.4 Å². The minimum Gasteiger partial charge on any atom is -0.394 e. The summed E-state index contributed by atoms with van der Waals surface area (Å²) >= 11 is 3.17. The van der Waals surface area contributed by atoms with Gasteiger partial charge >= 0.3 is 0 Å². The number of halogens is 3. The number of aryl methyl sites for hydroxylation is 2. The highest BCUT2D eigenvalue weighted by atomic mass is 79.9. The summed E-state index contributed by atoms with van der Waals surface area (Å²) in [6.07, 6.45) is 1.98. The number of H-pyrrole nitrogens is 1. The van der Waals surface area contributed by atoms with Crippen LogP contribution in [-0.2, 0) is 0 Å². The summed E-state index contributed by atoms with van der Waals surface area (Å²) in [5.41, 5.74) is 10.8. The fourth-order valence-electron chi connectivity index (χ4n) is 2.12. The third-order valence-electron chi connectivity index (χ3n) is 3.70. The molecule has 0 atom stereocenters. The van der Waals surface area contributed by atoms with Gasteiger partial charge in [-0.3, -0.25) is 14.2 Å². The second kappa shape index (κ2) is 11.6. The van der Waals surface area contributed by atoms with E-state index in [2.05, 4.69) is 41.3 Å². The van der Waals surface area contributed by atoms with E-state index >= 15 is 0 Å². The summed E-state index contributed by atoms with van der Waals surface area (Å²) in [5.74, 6) is -0.895. The van der Waals surface area contributed by atoms with Crippen molar-refractivity contribution in [1.82, 2.24) is 29.9 Å². The van der Waals surface area contributed by atoms with Crippen LogP contribution < -0.4 is 22.6 Å². The second-order valence-electron chi connectivity index (χ2n) is 6.42. The molecule has 0 unspecified atom stereocenters. The van der Waals surface area contributed by atoms with E-state index in [9.17, 15) is 18.4 Å². The van der Waals surface area contributed by atoms with Gasteiger partial charge in [-0.05, 0) is 54.0 Å². The molecular formula is C20H19BrF2N8O2. The predicted molar refractivity (Wildman–Crippen MR) is 123 cm³/mol.